The van der Waals surface area contributed by atoms with Crippen molar-refractivity contribution in [1.29, 1.82) is 0 Å². The minimum absolute atomic E-state index is 0.0539. The average Bonchev–Trinajstić information content (AvgIpc) is 3.02. The number of piperazine rings is 1. The van der Waals surface area contributed by atoms with Gasteiger partial charge in [-0.3, -0.25) is 9.59 Å². The number of fused-ring (bicyclic) bond motifs is 2. The molecule has 6 rings (SSSR count). The second-order valence-electron chi connectivity index (χ2n) is 10.9. The Morgan fingerprint density at radius 3 is 2.40 bits per heavy atom. The Balaban J connectivity index is 1.29. The highest BCUT2D eigenvalue weighted by Crippen LogP contribution is 2.28. The van der Waals surface area contributed by atoms with Crippen molar-refractivity contribution in [3.05, 3.63) is 104 Å². The number of halogens is 1. The van der Waals surface area contributed by atoms with Crippen molar-refractivity contribution in [2.45, 2.75) is 38.3 Å². The first kappa shape index (κ1) is 28.5. The van der Waals surface area contributed by atoms with Crippen LogP contribution in [0.2, 0.25) is 5.02 Å². The Kier molecular flexibility index (Phi) is 7.59. The number of amides is 1. The van der Waals surface area contributed by atoms with Gasteiger partial charge in [0.05, 0.1) is 10.4 Å². The van der Waals surface area contributed by atoms with Gasteiger partial charge in [-0.1, -0.05) is 41.9 Å². The summed E-state index contributed by atoms with van der Waals surface area (Å²) in [6.45, 7) is 7.29. The molecule has 0 atom stereocenters. The molecule has 4 aromatic rings. The predicted molar refractivity (Wildman–Crippen MR) is 166 cm³/mol. The van der Waals surface area contributed by atoms with Crippen molar-refractivity contribution in [2.24, 2.45) is 0 Å². The van der Waals surface area contributed by atoms with Crippen molar-refractivity contribution < 1.29 is 13.2 Å². The lowest BCUT2D eigenvalue weighted by Gasteiger charge is -2.37. The Morgan fingerprint density at radius 1 is 0.929 bits per heavy atom. The van der Waals surface area contributed by atoms with Crippen molar-refractivity contribution in [3.8, 4) is 0 Å². The smallest absolute Gasteiger partial charge is 0.259 e. The van der Waals surface area contributed by atoms with E-state index in [1.165, 1.54) is 10.4 Å². The summed E-state index contributed by atoms with van der Waals surface area (Å²) in [5.41, 5.74) is 4.49. The number of rotatable bonds is 5. The molecule has 218 valence electrons. The number of sulfonamides is 1. The largest absolute Gasteiger partial charge is 0.368 e. The molecule has 0 N–H and O–H groups in total. The molecule has 42 heavy (non-hydrogen) atoms. The van der Waals surface area contributed by atoms with Gasteiger partial charge in [-0.2, -0.15) is 4.31 Å². The first-order chi connectivity index (χ1) is 20.2. The van der Waals surface area contributed by atoms with Gasteiger partial charge >= 0.3 is 0 Å². The molecule has 10 heteroatoms. The van der Waals surface area contributed by atoms with Crippen LogP contribution in [0.1, 0.15) is 34.0 Å². The van der Waals surface area contributed by atoms with Gasteiger partial charge in [0, 0.05) is 68.1 Å². The van der Waals surface area contributed by atoms with Gasteiger partial charge in [0.2, 0.25) is 15.5 Å². The predicted octanol–water partition coefficient (Wildman–Crippen LogP) is 4.69. The maximum atomic E-state index is 13.8. The molecule has 0 saturated carbocycles. The summed E-state index contributed by atoms with van der Waals surface area (Å²) in [6, 6.07) is 18.3. The molecule has 3 heterocycles. The fourth-order valence-electron chi connectivity index (χ4n) is 6.02. The van der Waals surface area contributed by atoms with Crippen LogP contribution in [-0.4, -0.2) is 60.8 Å². The number of anilines is 1. The summed E-state index contributed by atoms with van der Waals surface area (Å²) in [5, 5.41) is 0.895. The van der Waals surface area contributed by atoms with Crippen molar-refractivity contribution in [2.75, 3.05) is 37.6 Å². The molecule has 1 amide bonds. The molecule has 0 spiro atoms. The van der Waals surface area contributed by atoms with Crippen molar-refractivity contribution in [1.82, 2.24) is 13.8 Å². The summed E-state index contributed by atoms with van der Waals surface area (Å²) < 4.78 is 30.7. The number of hydrogen-bond donors (Lipinski definition) is 0. The molecule has 2 aliphatic heterocycles. The van der Waals surface area contributed by atoms with Gasteiger partial charge in [-0.15, -0.1) is 0 Å². The number of aromatic nitrogens is 1. The van der Waals surface area contributed by atoms with E-state index >= 15 is 0 Å². The molecular weight excluding hydrogens is 572 g/mol. The van der Waals surface area contributed by atoms with Crippen LogP contribution in [-0.2, 0) is 29.5 Å². The number of hydrogen-bond acceptors (Lipinski definition) is 5. The van der Waals surface area contributed by atoms with E-state index in [4.69, 9.17) is 11.6 Å². The van der Waals surface area contributed by atoms with Crippen LogP contribution in [0.4, 0.5) is 5.69 Å². The fraction of sp³-hybridized carbons (Fsp3) is 0.312. The van der Waals surface area contributed by atoms with Crippen LogP contribution in [0.15, 0.2) is 76.6 Å². The zero-order valence-corrected chi connectivity index (χ0v) is 25.3. The van der Waals surface area contributed by atoms with E-state index in [2.05, 4.69) is 4.90 Å². The van der Waals surface area contributed by atoms with Crippen LogP contribution >= 0.6 is 11.6 Å². The average molecular weight is 605 g/mol. The standard InChI is InChI=1S/C32H33ClN4O4S/c1-3-34-21-28(32(39)36-16-14-35(15-17-36)30-18-25(33)9-8-22(30)2)31(38)27-19-26(10-11-29(27)34)42(40,41)37-13-12-23-6-4-5-7-24(23)20-37/h4-11,18-19,21H,3,12-17,20H2,1-2H3. The summed E-state index contributed by atoms with van der Waals surface area (Å²) in [7, 11) is -3.85. The molecule has 8 nitrogen and oxygen atoms in total. The highest BCUT2D eigenvalue weighted by atomic mass is 35.5. The van der Waals surface area contributed by atoms with E-state index in [1.54, 1.807) is 23.2 Å². The van der Waals surface area contributed by atoms with Gasteiger partial charge in [-0.25, -0.2) is 8.42 Å². The zero-order valence-electron chi connectivity index (χ0n) is 23.7. The quantitative estimate of drug-likeness (QED) is 0.330. The van der Waals surface area contributed by atoms with Gasteiger partial charge in [-0.05, 0) is 67.3 Å². The number of carbonyl (C=O) groups excluding carboxylic acids is 1. The number of aryl methyl sites for hydroxylation is 2. The zero-order chi connectivity index (χ0) is 29.6. The molecule has 3 aromatic carbocycles. The first-order valence-electron chi connectivity index (χ1n) is 14.2. The van der Waals surface area contributed by atoms with E-state index in [0.29, 0.717) is 56.2 Å². The first-order valence-corrected chi connectivity index (χ1v) is 16.0. The van der Waals surface area contributed by atoms with E-state index in [9.17, 15) is 18.0 Å². The molecule has 0 bridgehead atoms. The molecule has 0 radical (unpaired) electrons. The lowest BCUT2D eigenvalue weighted by Crippen LogP contribution is -2.49. The van der Waals surface area contributed by atoms with Crippen LogP contribution in [0.3, 0.4) is 0 Å². The summed E-state index contributed by atoms with van der Waals surface area (Å²) in [6.07, 6.45) is 2.24. The number of carbonyl (C=O) groups is 1. The van der Waals surface area contributed by atoms with E-state index in [0.717, 1.165) is 22.4 Å². The molecule has 0 aliphatic carbocycles. The minimum atomic E-state index is -3.85. The third-order valence-electron chi connectivity index (χ3n) is 8.43. The van der Waals surface area contributed by atoms with Gasteiger partial charge in [0.25, 0.3) is 5.91 Å². The van der Waals surface area contributed by atoms with Crippen LogP contribution < -0.4 is 10.3 Å². The van der Waals surface area contributed by atoms with Crippen molar-refractivity contribution in [3.63, 3.8) is 0 Å². The molecule has 1 saturated heterocycles. The molecule has 1 aromatic heterocycles. The Morgan fingerprint density at radius 2 is 1.67 bits per heavy atom. The second-order valence-corrected chi connectivity index (χ2v) is 13.3. The lowest BCUT2D eigenvalue weighted by atomic mass is 10.0. The third kappa shape index (κ3) is 5.10. The number of nitrogens with zero attached hydrogens (tertiary/aromatic N) is 4. The highest BCUT2D eigenvalue weighted by molar-refractivity contribution is 7.89. The molecular formula is C32H33ClN4O4S. The van der Waals surface area contributed by atoms with Crippen molar-refractivity contribution >= 4 is 44.1 Å². The SMILES string of the molecule is CCn1cc(C(=O)N2CCN(c3cc(Cl)ccc3C)CC2)c(=O)c2cc(S(=O)(=O)N3CCc4ccccc4C3)ccc21. The van der Waals surface area contributed by atoms with E-state index in [1.807, 2.05) is 60.9 Å². The van der Waals surface area contributed by atoms with Gasteiger partial charge < -0.3 is 14.4 Å². The molecule has 1 fully saturated rings. The third-order valence-corrected chi connectivity index (χ3v) is 10.5. The van der Waals surface area contributed by atoms with E-state index in [-0.39, 0.29) is 28.3 Å². The normalized spacial score (nSPS) is 16.1. The Hall–Kier alpha value is -3.66. The molecule has 0 unspecified atom stereocenters. The number of pyridine rings is 1. The molecule has 2 aliphatic rings. The summed E-state index contributed by atoms with van der Waals surface area (Å²) >= 11 is 6.22. The highest BCUT2D eigenvalue weighted by Gasteiger charge is 2.30. The number of benzene rings is 3. The Bertz CT molecular complexity index is 1860. The van der Waals surface area contributed by atoms with Crippen LogP contribution in [0.25, 0.3) is 10.9 Å². The maximum absolute atomic E-state index is 13.8. The Labute approximate surface area is 250 Å². The maximum Gasteiger partial charge on any atom is 0.259 e. The van der Waals surface area contributed by atoms with Crippen LogP contribution in [0.5, 0.6) is 0 Å². The fourth-order valence-corrected chi connectivity index (χ4v) is 7.63. The lowest BCUT2D eigenvalue weighted by molar-refractivity contribution is 0.0745. The van der Waals surface area contributed by atoms with Gasteiger partial charge in [0.1, 0.15) is 5.56 Å². The topological polar surface area (TPSA) is 82.9 Å². The summed E-state index contributed by atoms with van der Waals surface area (Å²) in [5.74, 6) is -0.340. The van der Waals surface area contributed by atoms with Gasteiger partial charge in [0.15, 0.2) is 0 Å². The monoisotopic (exact) mass is 604 g/mol. The minimum Gasteiger partial charge on any atom is -0.368 e. The second kappa shape index (κ2) is 11.2. The summed E-state index contributed by atoms with van der Waals surface area (Å²) in [4.78, 5) is 31.4. The van der Waals surface area contributed by atoms with E-state index < -0.39 is 15.5 Å². The van der Waals surface area contributed by atoms with Crippen LogP contribution in [0, 0.1) is 6.92 Å².